The Hall–Kier alpha value is -2.09. The molecule has 0 aliphatic rings. The first-order chi connectivity index (χ1) is 13.8. The number of benzene rings is 2. The van der Waals surface area contributed by atoms with Gasteiger partial charge in [-0.3, -0.25) is 9.59 Å². The van der Waals surface area contributed by atoms with Crippen LogP contribution in [-0.4, -0.2) is 35.4 Å². The van der Waals surface area contributed by atoms with Gasteiger partial charge in [0.2, 0.25) is 5.91 Å². The van der Waals surface area contributed by atoms with Crippen molar-refractivity contribution in [1.29, 1.82) is 0 Å². The molecule has 156 valence electrons. The zero-order valence-corrected chi connectivity index (χ0v) is 19.6. The van der Waals surface area contributed by atoms with Crippen molar-refractivity contribution in [1.82, 2.24) is 10.2 Å². The third-order valence-electron chi connectivity index (χ3n) is 4.78. The van der Waals surface area contributed by atoms with Gasteiger partial charge in [-0.05, 0) is 79.6 Å². The molecule has 6 heteroatoms. The molecule has 0 spiro atoms. The van der Waals surface area contributed by atoms with Gasteiger partial charge in [0.15, 0.2) is 6.61 Å². The molecule has 0 aliphatic heterocycles. The van der Waals surface area contributed by atoms with Crippen molar-refractivity contribution in [3.63, 3.8) is 0 Å². The topological polar surface area (TPSA) is 58.6 Å². The maximum Gasteiger partial charge on any atom is 0.261 e. The lowest BCUT2D eigenvalue weighted by Crippen LogP contribution is -2.50. The molecule has 0 bridgehead atoms. The average molecular weight is 508 g/mol. The average Bonchev–Trinajstić information content (AvgIpc) is 2.70. The Morgan fingerprint density at radius 2 is 1.83 bits per heavy atom. The summed E-state index contributed by atoms with van der Waals surface area (Å²) in [7, 11) is 0. The van der Waals surface area contributed by atoms with Gasteiger partial charge < -0.3 is 15.0 Å². The highest BCUT2D eigenvalue weighted by Crippen LogP contribution is 2.15. The predicted molar refractivity (Wildman–Crippen MR) is 124 cm³/mol. The largest absolute Gasteiger partial charge is 0.484 e. The lowest BCUT2D eigenvalue weighted by molar-refractivity contribution is -0.142. The fourth-order valence-corrected chi connectivity index (χ4v) is 3.17. The molecule has 0 heterocycles. The van der Waals surface area contributed by atoms with Gasteiger partial charge in [0.1, 0.15) is 11.8 Å². The molecule has 29 heavy (non-hydrogen) atoms. The van der Waals surface area contributed by atoms with E-state index in [0.717, 1.165) is 21.1 Å². The summed E-state index contributed by atoms with van der Waals surface area (Å²) in [5.41, 5.74) is 2.09. The number of halogens is 1. The van der Waals surface area contributed by atoms with Gasteiger partial charge in [-0.15, -0.1) is 0 Å². The monoisotopic (exact) mass is 508 g/mol. The van der Waals surface area contributed by atoms with Crippen LogP contribution in [0.25, 0.3) is 0 Å². The molecule has 1 N–H and O–H groups in total. The lowest BCUT2D eigenvalue weighted by atomic mass is 10.1. The number of aryl methyl sites for hydroxylation is 1. The van der Waals surface area contributed by atoms with Crippen LogP contribution in [0.5, 0.6) is 5.75 Å². The van der Waals surface area contributed by atoms with E-state index in [1.54, 1.807) is 11.8 Å². The zero-order chi connectivity index (χ0) is 21.4. The number of nitrogens with one attached hydrogen (secondary N) is 1. The molecule has 2 amide bonds. The van der Waals surface area contributed by atoms with Gasteiger partial charge in [-0.1, -0.05) is 36.8 Å². The Balaban J connectivity index is 2.14. The summed E-state index contributed by atoms with van der Waals surface area (Å²) < 4.78 is 6.77. The number of hydrogen-bond donors (Lipinski definition) is 1. The van der Waals surface area contributed by atoms with Crippen LogP contribution in [0.2, 0.25) is 0 Å². The van der Waals surface area contributed by atoms with Gasteiger partial charge in [-0.2, -0.15) is 0 Å². The lowest BCUT2D eigenvalue weighted by Gasteiger charge is -2.29. The zero-order valence-electron chi connectivity index (χ0n) is 17.4. The number of hydrogen-bond acceptors (Lipinski definition) is 3. The van der Waals surface area contributed by atoms with Gasteiger partial charge >= 0.3 is 0 Å². The molecule has 2 rings (SSSR count). The SMILES string of the molecule is CC[C@H](C)NC(=O)[C@@H](C)N(Cc1cccc(C)c1)C(=O)COc1ccc(I)cc1. The standard InChI is InChI=1S/C23H29IN2O3/c1-5-17(3)25-23(28)18(4)26(14-19-8-6-7-16(2)13-19)22(27)15-29-21-11-9-20(24)10-12-21/h6-13,17-18H,5,14-15H2,1-4H3,(H,25,28)/t17-,18+/m0/s1. The van der Waals surface area contributed by atoms with E-state index in [2.05, 4.69) is 27.9 Å². The minimum absolute atomic E-state index is 0.0592. The van der Waals surface area contributed by atoms with Gasteiger partial charge in [-0.25, -0.2) is 0 Å². The van der Waals surface area contributed by atoms with Crippen molar-refractivity contribution in [3.8, 4) is 5.75 Å². The highest BCUT2D eigenvalue weighted by molar-refractivity contribution is 14.1. The fourth-order valence-electron chi connectivity index (χ4n) is 2.81. The number of carbonyl (C=O) groups excluding carboxylic acids is 2. The van der Waals surface area contributed by atoms with Crippen LogP contribution in [0.4, 0.5) is 0 Å². The second-order valence-corrected chi connectivity index (χ2v) is 8.49. The molecule has 0 aromatic heterocycles. The second-order valence-electron chi connectivity index (χ2n) is 7.25. The minimum Gasteiger partial charge on any atom is -0.484 e. The molecule has 0 fully saturated rings. The van der Waals surface area contributed by atoms with E-state index in [4.69, 9.17) is 4.74 Å². The van der Waals surface area contributed by atoms with E-state index >= 15 is 0 Å². The van der Waals surface area contributed by atoms with E-state index in [9.17, 15) is 9.59 Å². The second kappa shape index (κ2) is 11.2. The number of amides is 2. The first-order valence-electron chi connectivity index (χ1n) is 9.84. The van der Waals surface area contributed by atoms with Crippen molar-refractivity contribution < 1.29 is 14.3 Å². The molecule has 2 atom stereocenters. The Kier molecular flexibility index (Phi) is 8.95. The fraction of sp³-hybridized carbons (Fsp3) is 0.391. The van der Waals surface area contributed by atoms with E-state index in [1.807, 2.05) is 69.3 Å². The molecule has 0 saturated carbocycles. The Morgan fingerprint density at radius 3 is 2.45 bits per heavy atom. The third kappa shape index (κ3) is 7.34. The molecule has 0 aliphatic carbocycles. The summed E-state index contributed by atoms with van der Waals surface area (Å²) >= 11 is 2.22. The molecule has 0 unspecified atom stereocenters. The number of ether oxygens (including phenoxy) is 1. The quantitative estimate of drug-likeness (QED) is 0.514. The first-order valence-corrected chi connectivity index (χ1v) is 10.9. The van der Waals surface area contributed by atoms with Crippen molar-refractivity contribution in [2.75, 3.05) is 6.61 Å². The van der Waals surface area contributed by atoms with Crippen molar-refractivity contribution in [2.24, 2.45) is 0 Å². The number of carbonyl (C=O) groups is 2. The van der Waals surface area contributed by atoms with Crippen LogP contribution in [-0.2, 0) is 16.1 Å². The number of rotatable bonds is 9. The van der Waals surface area contributed by atoms with E-state index in [1.165, 1.54) is 0 Å². The highest BCUT2D eigenvalue weighted by Gasteiger charge is 2.27. The normalized spacial score (nSPS) is 12.7. The highest BCUT2D eigenvalue weighted by atomic mass is 127. The number of nitrogens with zero attached hydrogens (tertiary/aromatic N) is 1. The van der Waals surface area contributed by atoms with Gasteiger partial charge in [0.05, 0.1) is 0 Å². The van der Waals surface area contributed by atoms with Crippen LogP contribution >= 0.6 is 22.6 Å². The molecule has 0 radical (unpaired) electrons. The molecule has 2 aromatic carbocycles. The van der Waals surface area contributed by atoms with Crippen LogP contribution in [0.15, 0.2) is 48.5 Å². The van der Waals surface area contributed by atoms with Crippen LogP contribution in [0.3, 0.4) is 0 Å². The van der Waals surface area contributed by atoms with Crippen molar-refractivity contribution in [3.05, 3.63) is 63.2 Å². The summed E-state index contributed by atoms with van der Waals surface area (Å²) in [6.45, 7) is 7.97. The molecule has 2 aromatic rings. The van der Waals surface area contributed by atoms with Crippen LogP contribution in [0.1, 0.15) is 38.3 Å². The molecular formula is C23H29IN2O3. The smallest absolute Gasteiger partial charge is 0.261 e. The van der Waals surface area contributed by atoms with E-state index in [-0.39, 0.29) is 24.5 Å². The van der Waals surface area contributed by atoms with Crippen LogP contribution < -0.4 is 10.1 Å². The van der Waals surface area contributed by atoms with E-state index in [0.29, 0.717) is 12.3 Å². The Labute approximate surface area is 187 Å². The summed E-state index contributed by atoms with van der Waals surface area (Å²) in [4.78, 5) is 27.3. The Bertz CT molecular complexity index is 823. The van der Waals surface area contributed by atoms with Crippen molar-refractivity contribution >= 4 is 34.4 Å². The maximum atomic E-state index is 13.0. The van der Waals surface area contributed by atoms with Gasteiger partial charge in [0, 0.05) is 16.2 Å². The molecular weight excluding hydrogens is 479 g/mol. The maximum absolute atomic E-state index is 13.0. The summed E-state index contributed by atoms with van der Waals surface area (Å²) in [5, 5.41) is 2.97. The Morgan fingerprint density at radius 1 is 1.14 bits per heavy atom. The molecule has 5 nitrogen and oxygen atoms in total. The summed E-state index contributed by atoms with van der Waals surface area (Å²) in [5.74, 6) is 0.248. The summed E-state index contributed by atoms with van der Waals surface area (Å²) in [6, 6.07) is 14.9. The minimum atomic E-state index is -0.600. The van der Waals surface area contributed by atoms with E-state index < -0.39 is 6.04 Å². The van der Waals surface area contributed by atoms with Crippen molar-refractivity contribution in [2.45, 2.75) is 52.7 Å². The third-order valence-corrected chi connectivity index (χ3v) is 5.50. The molecule has 0 saturated heterocycles. The van der Waals surface area contributed by atoms with Gasteiger partial charge in [0.25, 0.3) is 5.91 Å². The predicted octanol–water partition coefficient (Wildman–Crippen LogP) is 4.31. The van der Waals surface area contributed by atoms with Crippen LogP contribution in [0, 0.1) is 10.5 Å². The first kappa shape index (κ1) is 23.2. The summed E-state index contributed by atoms with van der Waals surface area (Å²) in [6.07, 6.45) is 0.834.